The lowest BCUT2D eigenvalue weighted by Gasteiger charge is -2.14. The van der Waals surface area contributed by atoms with Gasteiger partial charge in [-0.2, -0.15) is 18.4 Å². The second-order valence-corrected chi connectivity index (χ2v) is 8.36. The summed E-state index contributed by atoms with van der Waals surface area (Å²) in [6.45, 7) is 0. The van der Waals surface area contributed by atoms with Gasteiger partial charge in [0.25, 0.3) is 11.6 Å². The first-order valence-electron chi connectivity index (χ1n) is 10.4. The summed E-state index contributed by atoms with van der Waals surface area (Å²) < 4.78 is 49.9. The first-order valence-corrected chi connectivity index (χ1v) is 11.2. The molecule has 0 fully saturated rings. The molecule has 0 heterocycles. The summed E-state index contributed by atoms with van der Waals surface area (Å²) in [5.41, 5.74) is -2.52. The Hall–Kier alpha value is -4.97. The molecule has 0 atom stereocenters. The van der Waals surface area contributed by atoms with E-state index >= 15 is 0 Å². The highest BCUT2D eigenvalue weighted by Crippen LogP contribution is 2.44. The Kier molecular flexibility index (Phi) is 8.51. The van der Waals surface area contributed by atoms with Crippen LogP contribution in [0.2, 0.25) is 0 Å². The Morgan fingerprint density at radius 1 is 1.08 bits per heavy atom. The topological polar surface area (TPSA) is 158 Å². The number of rotatable bonds is 8. The minimum Gasteiger partial charge on any atom is -0.493 e. The SMILES string of the molecule is COc1cc(/C=C(\C#N)C(=O)Nc2cccc([N+](=O)[O-])c2)cc(Br)c1Oc1ccc(C(F)(F)F)cc1[N+](=O)[O-]. The Labute approximate surface area is 225 Å². The van der Waals surface area contributed by atoms with E-state index in [9.17, 15) is 43.5 Å². The molecular weight excluding hydrogens is 593 g/mol. The highest BCUT2D eigenvalue weighted by atomic mass is 79.9. The van der Waals surface area contributed by atoms with Gasteiger partial charge in [0.15, 0.2) is 11.5 Å². The molecule has 0 aliphatic heterocycles. The normalized spacial score (nSPS) is 11.3. The van der Waals surface area contributed by atoms with Gasteiger partial charge in [0.05, 0.1) is 27.0 Å². The Bertz CT molecular complexity index is 1550. The van der Waals surface area contributed by atoms with Gasteiger partial charge in [-0.15, -0.1) is 0 Å². The summed E-state index contributed by atoms with van der Waals surface area (Å²) in [5.74, 6) is -1.53. The molecule has 3 rings (SSSR count). The number of alkyl halides is 3. The van der Waals surface area contributed by atoms with Crippen molar-refractivity contribution in [2.45, 2.75) is 6.18 Å². The Morgan fingerprint density at radius 2 is 1.79 bits per heavy atom. The lowest BCUT2D eigenvalue weighted by Crippen LogP contribution is -2.13. The Morgan fingerprint density at radius 3 is 2.38 bits per heavy atom. The zero-order valence-corrected chi connectivity index (χ0v) is 21.1. The maximum absolute atomic E-state index is 13.0. The maximum Gasteiger partial charge on any atom is 0.416 e. The van der Waals surface area contributed by atoms with Crippen molar-refractivity contribution < 1.29 is 37.3 Å². The van der Waals surface area contributed by atoms with Crippen LogP contribution in [0, 0.1) is 31.6 Å². The van der Waals surface area contributed by atoms with E-state index in [0.29, 0.717) is 12.1 Å². The number of carbonyl (C=O) groups is 1. The van der Waals surface area contributed by atoms with Gasteiger partial charge < -0.3 is 14.8 Å². The quantitative estimate of drug-likeness (QED) is 0.129. The predicted octanol–water partition coefficient (Wildman–Crippen LogP) is 6.63. The molecular formula is C24H14BrF3N4O7. The minimum absolute atomic E-state index is 0.0406. The van der Waals surface area contributed by atoms with E-state index < -0.39 is 38.9 Å². The number of non-ortho nitro benzene ring substituents is 1. The number of amides is 1. The van der Waals surface area contributed by atoms with Gasteiger partial charge in [-0.05, 0) is 57.9 Å². The second kappa shape index (κ2) is 11.6. The third-order valence-corrected chi connectivity index (χ3v) is 5.53. The number of nitriles is 1. The number of ether oxygens (including phenoxy) is 2. The van der Waals surface area contributed by atoms with Crippen molar-refractivity contribution >= 4 is 45.0 Å². The van der Waals surface area contributed by atoms with Gasteiger partial charge in [0.2, 0.25) is 5.75 Å². The number of carbonyl (C=O) groups excluding carboxylic acids is 1. The molecule has 3 aromatic carbocycles. The van der Waals surface area contributed by atoms with E-state index in [4.69, 9.17) is 9.47 Å². The molecule has 3 aromatic rings. The average Bonchev–Trinajstić information content (AvgIpc) is 2.87. The van der Waals surface area contributed by atoms with Gasteiger partial charge in [0.1, 0.15) is 11.6 Å². The molecule has 200 valence electrons. The number of nitrogens with zero attached hydrogens (tertiary/aromatic N) is 3. The first kappa shape index (κ1) is 28.6. The Balaban J connectivity index is 1.94. The largest absolute Gasteiger partial charge is 0.493 e. The van der Waals surface area contributed by atoms with Gasteiger partial charge in [0, 0.05) is 23.9 Å². The zero-order valence-electron chi connectivity index (χ0n) is 19.5. The number of methoxy groups -OCH3 is 1. The van der Waals surface area contributed by atoms with E-state index in [1.54, 1.807) is 6.07 Å². The molecule has 1 amide bonds. The highest BCUT2D eigenvalue weighted by Gasteiger charge is 2.33. The smallest absolute Gasteiger partial charge is 0.416 e. The number of nitro benzene ring substituents is 2. The third kappa shape index (κ3) is 6.87. The fraction of sp³-hybridized carbons (Fsp3) is 0.0833. The molecule has 0 bridgehead atoms. The average molecular weight is 607 g/mol. The van der Waals surface area contributed by atoms with Crippen LogP contribution >= 0.6 is 15.9 Å². The molecule has 0 aliphatic carbocycles. The van der Waals surface area contributed by atoms with Crippen molar-refractivity contribution in [3.63, 3.8) is 0 Å². The van der Waals surface area contributed by atoms with Crippen LogP contribution in [0.15, 0.2) is 64.6 Å². The second-order valence-electron chi connectivity index (χ2n) is 7.50. The summed E-state index contributed by atoms with van der Waals surface area (Å²) >= 11 is 3.20. The summed E-state index contributed by atoms with van der Waals surface area (Å²) in [5, 5.41) is 34.2. The van der Waals surface area contributed by atoms with Crippen LogP contribution in [0.25, 0.3) is 6.08 Å². The summed E-state index contributed by atoms with van der Waals surface area (Å²) in [6, 6.07) is 11.2. The number of nitro groups is 2. The molecule has 39 heavy (non-hydrogen) atoms. The molecule has 0 unspecified atom stereocenters. The van der Waals surface area contributed by atoms with Crippen LogP contribution < -0.4 is 14.8 Å². The molecule has 1 N–H and O–H groups in total. The van der Waals surface area contributed by atoms with E-state index in [0.717, 1.165) is 12.1 Å². The van der Waals surface area contributed by atoms with Crippen LogP contribution in [-0.4, -0.2) is 22.9 Å². The lowest BCUT2D eigenvalue weighted by molar-refractivity contribution is -0.385. The predicted molar refractivity (Wildman–Crippen MR) is 134 cm³/mol. The maximum atomic E-state index is 13.0. The monoisotopic (exact) mass is 606 g/mol. The third-order valence-electron chi connectivity index (χ3n) is 4.94. The lowest BCUT2D eigenvalue weighted by atomic mass is 10.1. The van der Waals surface area contributed by atoms with Crippen molar-refractivity contribution in [3.8, 4) is 23.3 Å². The number of benzene rings is 3. The number of nitrogens with one attached hydrogen (secondary N) is 1. The molecule has 15 heteroatoms. The first-order chi connectivity index (χ1) is 18.3. The highest BCUT2D eigenvalue weighted by molar-refractivity contribution is 9.10. The van der Waals surface area contributed by atoms with Gasteiger partial charge in [-0.3, -0.25) is 25.0 Å². The molecule has 0 saturated heterocycles. The molecule has 11 nitrogen and oxygen atoms in total. The van der Waals surface area contributed by atoms with E-state index in [2.05, 4.69) is 21.2 Å². The van der Waals surface area contributed by atoms with Gasteiger partial charge in [-0.25, -0.2) is 0 Å². The molecule has 0 radical (unpaired) electrons. The van der Waals surface area contributed by atoms with Crippen LogP contribution in [0.4, 0.5) is 30.2 Å². The van der Waals surface area contributed by atoms with E-state index in [-0.39, 0.29) is 38.5 Å². The van der Waals surface area contributed by atoms with Crippen LogP contribution in [0.5, 0.6) is 17.2 Å². The van der Waals surface area contributed by atoms with Crippen molar-refractivity contribution in [3.05, 3.63) is 96.0 Å². The number of hydrogen-bond donors (Lipinski definition) is 1. The van der Waals surface area contributed by atoms with E-state index in [1.807, 2.05) is 0 Å². The standard InChI is InChI=1S/C24H14BrF3N4O7/c1-38-21-9-13(7-14(12-29)23(33)30-16-3-2-4-17(11-16)31(34)35)8-18(25)22(21)39-20-6-5-15(24(26,27)28)10-19(20)32(36)37/h2-11H,1H3,(H,30,33)/b14-7+. The number of halogens is 4. The molecule has 0 aliphatic rings. The molecule has 0 aromatic heterocycles. The fourth-order valence-corrected chi connectivity index (χ4v) is 3.71. The molecule has 0 saturated carbocycles. The summed E-state index contributed by atoms with van der Waals surface area (Å²) in [7, 11) is 1.23. The summed E-state index contributed by atoms with van der Waals surface area (Å²) in [6.07, 6.45) is -3.64. The number of hydrogen-bond acceptors (Lipinski definition) is 8. The van der Waals surface area contributed by atoms with Crippen LogP contribution in [0.3, 0.4) is 0 Å². The van der Waals surface area contributed by atoms with Crippen LogP contribution in [0.1, 0.15) is 11.1 Å². The van der Waals surface area contributed by atoms with Crippen molar-refractivity contribution in [1.29, 1.82) is 5.26 Å². The fourth-order valence-electron chi connectivity index (χ4n) is 3.17. The minimum atomic E-state index is -4.81. The molecule has 0 spiro atoms. The van der Waals surface area contributed by atoms with Crippen molar-refractivity contribution in [1.82, 2.24) is 0 Å². The zero-order chi connectivity index (χ0) is 28.9. The van der Waals surface area contributed by atoms with E-state index in [1.165, 1.54) is 43.5 Å². The number of anilines is 1. The van der Waals surface area contributed by atoms with Gasteiger partial charge in [-0.1, -0.05) is 6.07 Å². The van der Waals surface area contributed by atoms with Crippen molar-refractivity contribution in [2.24, 2.45) is 0 Å². The van der Waals surface area contributed by atoms with Crippen molar-refractivity contribution in [2.75, 3.05) is 12.4 Å². The summed E-state index contributed by atoms with van der Waals surface area (Å²) in [4.78, 5) is 33.2. The van der Waals surface area contributed by atoms with Gasteiger partial charge >= 0.3 is 11.9 Å². The van der Waals surface area contributed by atoms with Crippen LogP contribution in [-0.2, 0) is 11.0 Å².